The second-order valence-electron chi connectivity index (χ2n) is 9.88. The Bertz CT molecular complexity index is 1680. The molecule has 2 aromatic heterocycles. The van der Waals surface area contributed by atoms with E-state index in [4.69, 9.17) is 5.73 Å². The smallest absolute Gasteiger partial charge is 0.382 e. The Morgan fingerprint density at radius 3 is 2.20 bits per heavy atom. The number of anilines is 1. The molecule has 3 amide bonds. The molecule has 1 aromatic carbocycles. The summed E-state index contributed by atoms with van der Waals surface area (Å²) in [5, 5.41) is 13.2. The molecular formula is C24H17F11N6O4. The minimum absolute atomic E-state index is 0.00619. The van der Waals surface area contributed by atoms with Gasteiger partial charge in [-0.05, 0) is 31.2 Å². The van der Waals surface area contributed by atoms with Crippen LogP contribution < -0.4 is 5.73 Å². The topological polar surface area (TPSA) is 134 Å². The van der Waals surface area contributed by atoms with Gasteiger partial charge >= 0.3 is 24.4 Å². The van der Waals surface area contributed by atoms with Crippen molar-refractivity contribution in [3.63, 3.8) is 0 Å². The molecule has 0 saturated carbocycles. The molecule has 21 heteroatoms. The third-order valence-electron chi connectivity index (χ3n) is 6.86. The number of nitrogens with zero attached hydrogens (tertiary/aromatic N) is 5. The number of amides is 3. The average molecular weight is 662 g/mol. The lowest BCUT2D eigenvalue weighted by atomic mass is 10.0. The van der Waals surface area contributed by atoms with Crippen molar-refractivity contribution in [1.29, 1.82) is 0 Å². The summed E-state index contributed by atoms with van der Waals surface area (Å²) in [6.07, 6.45) is -18.7. The number of carbonyl (C=O) groups excluding carboxylic acids is 3. The van der Waals surface area contributed by atoms with Crippen LogP contribution in [0.3, 0.4) is 0 Å². The highest BCUT2D eigenvalue weighted by atomic mass is 19.4. The summed E-state index contributed by atoms with van der Waals surface area (Å²) in [5.74, 6) is -9.29. The Balaban J connectivity index is 1.81. The summed E-state index contributed by atoms with van der Waals surface area (Å²) < 4.78 is 152. The number of benzene rings is 1. The molecular weight excluding hydrogens is 645 g/mol. The fourth-order valence-electron chi connectivity index (χ4n) is 4.58. The number of hydrogen-bond donors (Lipinski definition) is 2. The van der Waals surface area contributed by atoms with Crippen molar-refractivity contribution >= 4 is 29.1 Å². The predicted molar refractivity (Wildman–Crippen MR) is 127 cm³/mol. The summed E-state index contributed by atoms with van der Waals surface area (Å²) >= 11 is 0. The number of nitrogen functional groups attached to an aromatic ring is 1. The minimum Gasteiger partial charge on any atom is -0.382 e. The molecule has 3 N–H and O–H groups in total. The van der Waals surface area contributed by atoms with Gasteiger partial charge in [-0.1, -0.05) is 0 Å². The monoisotopic (exact) mass is 662 g/mol. The summed E-state index contributed by atoms with van der Waals surface area (Å²) in [6, 6.07) is -0.869. The van der Waals surface area contributed by atoms with Gasteiger partial charge in [-0.3, -0.25) is 19.3 Å². The number of carbonyl (C=O) groups is 3. The average Bonchev–Trinajstić information content (AvgIpc) is 3.49. The van der Waals surface area contributed by atoms with Crippen molar-refractivity contribution in [1.82, 2.24) is 24.4 Å². The van der Waals surface area contributed by atoms with Gasteiger partial charge in [-0.2, -0.15) is 44.6 Å². The molecule has 0 radical (unpaired) electrons. The van der Waals surface area contributed by atoms with E-state index >= 15 is 4.39 Å². The Kier molecular flexibility index (Phi) is 8.00. The van der Waals surface area contributed by atoms with Gasteiger partial charge in [0.1, 0.15) is 23.8 Å². The number of alkyl halides is 10. The fourth-order valence-corrected chi connectivity index (χ4v) is 4.58. The lowest BCUT2D eigenvalue weighted by Gasteiger charge is -2.31. The molecule has 0 spiro atoms. The Hall–Kier alpha value is -4.56. The highest BCUT2D eigenvalue weighted by molar-refractivity contribution is 6.07. The maximum atomic E-state index is 15.0. The maximum absolute atomic E-state index is 15.0. The highest BCUT2D eigenvalue weighted by Gasteiger charge is 2.60. The molecule has 3 aromatic rings. The standard InChI is InChI=1S/C24H17F11N6O4/c1-21(45,24(33,34)35)19(43)39-6-13(26)15(7-39)40(20(44)23(30,31)32)18(42)9-2-3-12(25)10(4-9)14-5-11(22(27,28)29)16-17(36)37-8-38-41(14)16/h2-5,8,13,15,45H,6-7H2,1H3,(H2,36,37,38)/t13-,15+,21+/m0/s1. The van der Waals surface area contributed by atoms with E-state index in [2.05, 4.69) is 10.1 Å². The van der Waals surface area contributed by atoms with E-state index in [-0.39, 0.29) is 11.8 Å². The summed E-state index contributed by atoms with van der Waals surface area (Å²) in [5.41, 5.74) is -3.55. The molecule has 4 rings (SSSR count). The van der Waals surface area contributed by atoms with Gasteiger partial charge in [0.2, 0.25) is 5.60 Å². The van der Waals surface area contributed by atoms with E-state index in [1.807, 2.05) is 0 Å². The first kappa shape index (κ1) is 33.3. The zero-order chi connectivity index (χ0) is 34.0. The second-order valence-corrected chi connectivity index (χ2v) is 9.88. The van der Waals surface area contributed by atoms with Crippen LogP contribution in [-0.4, -0.2) is 90.5 Å². The van der Waals surface area contributed by atoms with Crippen LogP contribution in [0.1, 0.15) is 22.8 Å². The van der Waals surface area contributed by atoms with Crippen LogP contribution in [0.15, 0.2) is 30.6 Å². The molecule has 0 bridgehead atoms. The molecule has 0 aliphatic carbocycles. The lowest BCUT2D eigenvalue weighted by Crippen LogP contribution is -2.57. The van der Waals surface area contributed by atoms with Crippen LogP contribution in [0.2, 0.25) is 0 Å². The number of imide groups is 1. The number of aromatic nitrogens is 3. The van der Waals surface area contributed by atoms with Crippen molar-refractivity contribution in [3.8, 4) is 11.3 Å². The van der Waals surface area contributed by atoms with Crippen molar-refractivity contribution in [2.24, 2.45) is 0 Å². The quantitative estimate of drug-likeness (QED) is 0.409. The number of likely N-dealkylation sites (tertiary alicyclic amines) is 1. The van der Waals surface area contributed by atoms with Crippen molar-refractivity contribution in [2.45, 2.75) is 43.3 Å². The van der Waals surface area contributed by atoms with Gasteiger partial charge in [0.05, 0.1) is 23.8 Å². The van der Waals surface area contributed by atoms with Gasteiger partial charge in [0, 0.05) is 17.7 Å². The first-order valence-electron chi connectivity index (χ1n) is 12.1. The van der Waals surface area contributed by atoms with Crippen LogP contribution in [-0.2, 0) is 15.8 Å². The van der Waals surface area contributed by atoms with Crippen LogP contribution in [0, 0.1) is 5.82 Å². The molecule has 244 valence electrons. The molecule has 10 nitrogen and oxygen atoms in total. The van der Waals surface area contributed by atoms with Gasteiger partial charge in [0.15, 0.2) is 5.82 Å². The van der Waals surface area contributed by atoms with E-state index in [1.165, 1.54) is 0 Å². The third-order valence-corrected chi connectivity index (χ3v) is 6.86. The molecule has 3 atom stereocenters. The van der Waals surface area contributed by atoms with Crippen molar-refractivity contribution < 1.29 is 67.8 Å². The zero-order valence-electron chi connectivity index (χ0n) is 22.1. The molecule has 0 unspecified atom stereocenters. The van der Waals surface area contributed by atoms with Gasteiger partial charge in [-0.15, -0.1) is 0 Å². The maximum Gasteiger partial charge on any atom is 0.471 e. The molecule has 1 saturated heterocycles. The minimum atomic E-state index is -5.90. The molecule has 1 aliphatic rings. The summed E-state index contributed by atoms with van der Waals surface area (Å²) in [6.45, 7) is -2.81. The highest BCUT2D eigenvalue weighted by Crippen LogP contribution is 2.40. The van der Waals surface area contributed by atoms with Crippen LogP contribution in [0.25, 0.3) is 16.8 Å². The lowest BCUT2D eigenvalue weighted by molar-refractivity contribution is -0.249. The van der Waals surface area contributed by atoms with E-state index in [1.54, 1.807) is 0 Å². The normalized spacial score (nSPS) is 19.1. The Morgan fingerprint density at radius 2 is 1.64 bits per heavy atom. The summed E-state index contributed by atoms with van der Waals surface area (Å²) in [7, 11) is 0. The van der Waals surface area contributed by atoms with Crippen molar-refractivity contribution in [2.75, 3.05) is 18.8 Å². The number of rotatable bonds is 4. The Morgan fingerprint density at radius 1 is 1.02 bits per heavy atom. The summed E-state index contributed by atoms with van der Waals surface area (Å²) in [4.78, 5) is 40.6. The molecule has 1 aliphatic heterocycles. The number of nitrogens with two attached hydrogens (primary N) is 1. The second kappa shape index (κ2) is 10.8. The first-order valence-corrected chi connectivity index (χ1v) is 12.1. The molecule has 3 heterocycles. The fraction of sp³-hybridized carbons (Fsp3) is 0.375. The molecule has 45 heavy (non-hydrogen) atoms. The largest absolute Gasteiger partial charge is 0.471 e. The third kappa shape index (κ3) is 5.82. The van der Waals surface area contributed by atoms with Gasteiger partial charge < -0.3 is 15.7 Å². The molecule has 1 fully saturated rings. The number of fused-ring (bicyclic) bond motifs is 1. The van der Waals surface area contributed by atoms with E-state index in [0.717, 1.165) is 0 Å². The zero-order valence-corrected chi connectivity index (χ0v) is 22.1. The Labute approximate surface area is 242 Å². The van der Waals surface area contributed by atoms with Crippen LogP contribution in [0.4, 0.5) is 54.1 Å². The SMILES string of the molecule is C[C@@](O)(C(=O)N1C[C@@H](N(C(=O)c2ccc(F)c(-c3cc(C(F)(F)F)c4c(N)ncnn34)c2)C(=O)C(F)(F)F)[C@@H](F)C1)C(F)(F)F. The van der Waals surface area contributed by atoms with Crippen LogP contribution >= 0.6 is 0 Å². The predicted octanol–water partition coefficient (Wildman–Crippen LogP) is 3.53. The first-order chi connectivity index (χ1) is 20.5. The number of hydrogen-bond acceptors (Lipinski definition) is 7. The van der Waals surface area contributed by atoms with Crippen LogP contribution in [0.5, 0.6) is 0 Å². The van der Waals surface area contributed by atoms with Gasteiger partial charge in [0.25, 0.3) is 11.8 Å². The van der Waals surface area contributed by atoms with E-state index < -0.39 is 112 Å². The number of aliphatic hydroxyl groups is 1. The van der Waals surface area contributed by atoms with Crippen molar-refractivity contribution in [3.05, 3.63) is 47.5 Å². The van der Waals surface area contributed by atoms with Gasteiger partial charge in [-0.25, -0.2) is 18.3 Å². The van der Waals surface area contributed by atoms with E-state index in [9.17, 15) is 63.4 Å². The number of halogens is 11. The van der Waals surface area contributed by atoms with E-state index in [0.29, 0.717) is 35.1 Å².